The highest BCUT2D eigenvalue weighted by Crippen LogP contribution is 2.47. The molecule has 2 aliphatic heterocycles. The van der Waals surface area contributed by atoms with Crippen LogP contribution in [0, 0.1) is 5.41 Å². The lowest BCUT2D eigenvalue weighted by atomic mass is 9.68. The second-order valence-electron chi connectivity index (χ2n) is 7.07. The van der Waals surface area contributed by atoms with Gasteiger partial charge in [0.2, 0.25) is 0 Å². The maximum absolute atomic E-state index is 4.48. The Labute approximate surface area is 155 Å². The van der Waals surface area contributed by atoms with Crippen LogP contribution in [0.25, 0.3) is 0 Å². The van der Waals surface area contributed by atoms with E-state index in [4.69, 9.17) is 0 Å². The fourth-order valence-electron chi connectivity index (χ4n) is 4.19. The van der Waals surface area contributed by atoms with E-state index in [0.29, 0.717) is 5.41 Å². The van der Waals surface area contributed by atoms with Crippen LogP contribution in [-0.2, 0) is 19.5 Å². The third-order valence-corrected chi connectivity index (χ3v) is 5.70. The molecule has 0 unspecified atom stereocenters. The van der Waals surface area contributed by atoms with E-state index in [-0.39, 0.29) is 24.0 Å². The maximum Gasteiger partial charge on any atom is 0.194 e. The van der Waals surface area contributed by atoms with Crippen LogP contribution in [0.3, 0.4) is 0 Å². The lowest BCUT2D eigenvalue weighted by Crippen LogP contribution is -2.42. The minimum atomic E-state index is 0. The minimum absolute atomic E-state index is 0. The Hall–Kier alpha value is -0.860. The van der Waals surface area contributed by atoms with Gasteiger partial charge in [0.25, 0.3) is 0 Å². The number of rotatable bonds is 2. The molecule has 1 N–H and O–H groups in total. The molecule has 0 amide bonds. The summed E-state index contributed by atoms with van der Waals surface area (Å²) in [5, 5.41) is 12.2. The average molecular weight is 430 g/mol. The molecule has 0 atom stereocenters. The summed E-state index contributed by atoms with van der Waals surface area (Å²) in [6.07, 6.45) is 9.08. The van der Waals surface area contributed by atoms with Gasteiger partial charge >= 0.3 is 0 Å². The molecule has 128 valence electrons. The first-order chi connectivity index (χ1) is 10.8. The van der Waals surface area contributed by atoms with Crippen LogP contribution in [0.2, 0.25) is 0 Å². The SMILES string of the molecule is CN=C(NCc1nnc2n1CCCC2)N1CCC2(CCC2)C1.I. The van der Waals surface area contributed by atoms with Crippen molar-refractivity contribution in [3.05, 3.63) is 11.6 Å². The van der Waals surface area contributed by atoms with E-state index < -0.39 is 0 Å². The average Bonchev–Trinajstić information content (AvgIpc) is 3.13. The molecule has 1 spiro atoms. The highest BCUT2D eigenvalue weighted by atomic mass is 127. The lowest BCUT2D eigenvalue weighted by Gasteiger charge is -2.38. The molecule has 0 aromatic carbocycles. The fraction of sp³-hybridized carbons (Fsp3) is 0.812. The quantitative estimate of drug-likeness (QED) is 0.444. The van der Waals surface area contributed by atoms with Crippen LogP contribution in [-0.4, -0.2) is 45.8 Å². The Balaban J connectivity index is 0.00000156. The van der Waals surface area contributed by atoms with E-state index in [0.717, 1.165) is 43.7 Å². The Kier molecular flexibility index (Phi) is 5.13. The van der Waals surface area contributed by atoms with Gasteiger partial charge in [-0.05, 0) is 37.5 Å². The van der Waals surface area contributed by atoms with Gasteiger partial charge in [-0.15, -0.1) is 34.2 Å². The van der Waals surface area contributed by atoms with Crippen molar-refractivity contribution in [2.45, 2.75) is 58.0 Å². The fourth-order valence-corrected chi connectivity index (χ4v) is 4.19. The molecule has 4 rings (SSSR count). The standard InChI is InChI=1S/C16H26N6.HI/c1-17-15(21-10-8-16(12-21)6-4-7-16)18-11-14-20-19-13-5-2-3-9-22(13)14;/h2-12H2,1H3,(H,17,18);1H. The molecule has 1 saturated carbocycles. The topological polar surface area (TPSA) is 58.3 Å². The highest BCUT2D eigenvalue weighted by Gasteiger charge is 2.43. The van der Waals surface area contributed by atoms with E-state index in [9.17, 15) is 0 Å². The predicted octanol–water partition coefficient (Wildman–Crippen LogP) is 2.18. The Morgan fingerprint density at radius 2 is 2.04 bits per heavy atom. The van der Waals surface area contributed by atoms with Crippen molar-refractivity contribution >= 4 is 29.9 Å². The summed E-state index contributed by atoms with van der Waals surface area (Å²) in [6.45, 7) is 4.09. The van der Waals surface area contributed by atoms with E-state index in [1.54, 1.807) is 0 Å². The summed E-state index contributed by atoms with van der Waals surface area (Å²) in [6, 6.07) is 0. The molecule has 7 heteroatoms. The van der Waals surface area contributed by atoms with Crippen molar-refractivity contribution in [1.29, 1.82) is 0 Å². The molecule has 6 nitrogen and oxygen atoms in total. The molecule has 1 aromatic heterocycles. The van der Waals surface area contributed by atoms with Gasteiger partial charge in [0.1, 0.15) is 5.82 Å². The van der Waals surface area contributed by atoms with Crippen LogP contribution in [0.15, 0.2) is 4.99 Å². The molecular formula is C16H27IN6. The van der Waals surface area contributed by atoms with Crippen LogP contribution in [0.4, 0.5) is 0 Å². The van der Waals surface area contributed by atoms with Gasteiger partial charge in [-0.25, -0.2) is 0 Å². The summed E-state index contributed by atoms with van der Waals surface area (Å²) in [7, 11) is 1.88. The molecular weight excluding hydrogens is 403 g/mol. The minimum Gasteiger partial charge on any atom is -0.349 e. The molecule has 23 heavy (non-hydrogen) atoms. The number of aryl methyl sites for hydroxylation is 1. The molecule has 3 heterocycles. The van der Waals surface area contributed by atoms with Gasteiger partial charge in [-0.2, -0.15) is 0 Å². The maximum atomic E-state index is 4.48. The van der Waals surface area contributed by atoms with Gasteiger partial charge in [0.15, 0.2) is 11.8 Å². The van der Waals surface area contributed by atoms with Crippen LogP contribution < -0.4 is 5.32 Å². The van der Waals surface area contributed by atoms with Gasteiger partial charge in [-0.3, -0.25) is 4.99 Å². The smallest absolute Gasteiger partial charge is 0.194 e. The first-order valence-corrected chi connectivity index (χ1v) is 8.66. The Morgan fingerprint density at radius 3 is 2.74 bits per heavy atom. The zero-order valence-electron chi connectivity index (χ0n) is 13.9. The highest BCUT2D eigenvalue weighted by molar-refractivity contribution is 14.0. The van der Waals surface area contributed by atoms with E-state index in [2.05, 4.69) is 30.0 Å². The lowest BCUT2D eigenvalue weighted by molar-refractivity contribution is 0.151. The number of hydrogen-bond donors (Lipinski definition) is 1. The van der Waals surface area contributed by atoms with Crippen molar-refractivity contribution in [2.24, 2.45) is 10.4 Å². The van der Waals surface area contributed by atoms with Gasteiger partial charge < -0.3 is 14.8 Å². The number of nitrogens with one attached hydrogen (secondary N) is 1. The van der Waals surface area contributed by atoms with Crippen molar-refractivity contribution in [1.82, 2.24) is 25.0 Å². The summed E-state index contributed by atoms with van der Waals surface area (Å²) >= 11 is 0. The summed E-state index contributed by atoms with van der Waals surface area (Å²) in [5.74, 6) is 3.22. The third kappa shape index (κ3) is 3.21. The number of guanidine groups is 1. The summed E-state index contributed by atoms with van der Waals surface area (Å²) in [4.78, 5) is 6.90. The molecule has 1 aliphatic carbocycles. The Bertz CT molecular complexity index is 577. The van der Waals surface area contributed by atoms with Gasteiger partial charge in [0.05, 0.1) is 6.54 Å². The number of fused-ring (bicyclic) bond motifs is 1. The molecule has 0 bridgehead atoms. The first kappa shape index (κ1) is 17.0. The van der Waals surface area contributed by atoms with Crippen molar-refractivity contribution in [2.75, 3.05) is 20.1 Å². The molecule has 1 aromatic rings. The molecule has 2 fully saturated rings. The molecule has 0 radical (unpaired) electrons. The first-order valence-electron chi connectivity index (χ1n) is 8.66. The molecule has 1 saturated heterocycles. The van der Waals surface area contributed by atoms with Gasteiger partial charge in [0, 0.05) is 33.1 Å². The molecule has 3 aliphatic rings. The summed E-state index contributed by atoms with van der Waals surface area (Å²) < 4.78 is 2.28. The number of likely N-dealkylation sites (tertiary alicyclic amines) is 1. The van der Waals surface area contributed by atoms with Crippen molar-refractivity contribution in [3.8, 4) is 0 Å². The number of aliphatic imine (C=N–C) groups is 1. The van der Waals surface area contributed by atoms with E-state index in [1.165, 1.54) is 45.1 Å². The largest absolute Gasteiger partial charge is 0.349 e. The van der Waals surface area contributed by atoms with Crippen molar-refractivity contribution < 1.29 is 0 Å². The monoisotopic (exact) mass is 430 g/mol. The second-order valence-corrected chi connectivity index (χ2v) is 7.07. The summed E-state index contributed by atoms with van der Waals surface area (Å²) in [5.41, 5.74) is 0.603. The predicted molar refractivity (Wildman–Crippen MR) is 101 cm³/mol. The van der Waals surface area contributed by atoms with Crippen LogP contribution >= 0.6 is 24.0 Å². The van der Waals surface area contributed by atoms with Crippen molar-refractivity contribution in [3.63, 3.8) is 0 Å². The van der Waals surface area contributed by atoms with Gasteiger partial charge in [-0.1, -0.05) is 6.42 Å². The zero-order chi connectivity index (χ0) is 15.0. The second kappa shape index (κ2) is 6.94. The number of aromatic nitrogens is 3. The van der Waals surface area contributed by atoms with Crippen LogP contribution in [0.5, 0.6) is 0 Å². The van der Waals surface area contributed by atoms with E-state index >= 15 is 0 Å². The zero-order valence-corrected chi connectivity index (χ0v) is 16.3. The number of hydrogen-bond acceptors (Lipinski definition) is 3. The number of nitrogens with zero attached hydrogens (tertiary/aromatic N) is 5. The van der Waals surface area contributed by atoms with E-state index in [1.807, 2.05) is 7.05 Å². The van der Waals surface area contributed by atoms with Crippen LogP contribution in [0.1, 0.15) is 50.2 Å². The number of halogens is 1. The Morgan fingerprint density at radius 1 is 1.17 bits per heavy atom. The third-order valence-electron chi connectivity index (χ3n) is 5.70. The normalized spacial score (nSPS) is 22.5.